The van der Waals surface area contributed by atoms with Gasteiger partial charge >= 0.3 is 0 Å². The zero-order valence-corrected chi connectivity index (χ0v) is 14.8. The predicted molar refractivity (Wildman–Crippen MR) is 92.9 cm³/mol. The zero-order valence-electron chi connectivity index (χ0n) is 14.0. The molecule has 0 bridgehead atoms. The molecule has 2 aromatic heterocycles. The van der Waals surface area contributed by atoms with Crippen LogP contribution in [0.5, 0.6) is 0 Å². The van der Waals surface area contributed by atoms with Gasteiger partial charge in [-0.05, 0) is 37.3 Å². The second kappa shape index (κ2) is 8.39. The number of aromatic nitrogens is 2. The number of piperidine rings is 1. The number of aryl methyl sites for hydroxylation is 1. The number of likely N-dealkylation sites (tertiary alicyclic amines) is 1. The molecule has 0 radical (unpaired) electrons. The van der Waals surface area contributed by atoms with Crippen LogP contribution in [0.4, 0.5) is 0 Å². The first kappa shape index (κ1) is 17.1. The maximum Gasteiger partial charge on any atom is 0.244 e. The molecule has 1 atom stereocenters. The number of hydrogen-bond acceptors (Lipinski definition) is 6. The smallest absolute Gasteiger partial charge is 0.244 e. The SMILES string of the molecule is CCc1noc(C2CCCCN2CC(=O)NCCc2cccs2)n1. The summed E-state index contributed by atoms with van der Waals surface area (Å²) in [5, 5.41) is 9.07. The Hall–Kier alpha value is -1.73. The van der Waals surface area contributed by atoms with E-state index in [1.54, 1.807) is 11.3 Å². The van der Waals surface area contributed by atoms with Crippen molar-refractivity contribution in [1.82, 2.24) is 20.4 Å². The van der Waals surface area contributed by atoms with Crippen molar-refractivity contribution in [3.05, 3.63) is 34.1 Å². The van der Waals surface area contributed by atoms with Crippen LogP contribution in [0.2, 0.25) is 0 Å². The number of nitrogens with zero attached hydrogens (tertiary/aromatic N) is 3. The van der Waals surface area contributed by atoms with Gasteiger partial charge in [0.2, 0.25) is 11.8 Å². The van der Waals surface area contributed by atoms with Gasteiger partial charge in [0.1, 0.15) is 0 Å². The fourth-order valence-electron chi connectivity index (χ4n) is 3.03. The summed E-state index contributed by atoms with van der Waals surface area (Å²) in [5.41, 5.74) is 0. The predicted octanol–water partition coefficient (Wildman–Crippen LogP) is 2.58. The minimum atomic E-state index is 0.0636. The Labute approximate surface area is 146 Å². The largest absolute Gasteiger partial charge is 0.355 e. The number of carbonyl (C=O) groups is 1. The molecule has 24 heavy (non-hydrogen) atoms. The van der Waals surface area contributed by atoms with Crippen molar-refractivity contribution in [2.75, 3.05) is 19.6 Å². The van der Waals surface area contributed by atoms with E-state index in [-0.39, 0.29) is 11.9 Å². The normalized spacial score (nSPS) is 18.6. The lowest BCUT2D eigenvalue weighted by Crippen LogP contribution is -2.42. The molecule has 6 nitrogen and oxygen atoms in total. The first-order valence-electron chi connectivity index (χ1n) is 8.62. The Balaban J connectivity index is 1.52. The van der Waals surface area contributed by atoms with Gasteiger partial charge in [-0.3, -0.25) is 9.69 Å². The first-order valence-corrected chi connectivity index (χ1v) is 9.50. The summed E-state index contributed by atoms with van der Waals surface area (Å²) in [6, 6.07) is 4.20. The van der Waals surface area contributed by atoms with Crippen molar-refractivity contribution in [3.63, 3.8) is 0 Å². The maximum absolute atomic E-state index is 12.3. The number of rotatable bonds is 7. The van der Waals surface area contributed by atoms with Gasteiger partial charge in [-0.2, -0.15) is 4.98 Å². The van der Waals surface area contributed by atoms with Crippen LogP contribution in [0, 0.1) is 0 Å². The van der Waals surface area contributed by atoms with Crippen LogP contribution in [0.15, 0.2) is 22.0 Å². The van der Waals surface area contributed by atoms with Gasteiger partial charge in [0, 0.05) is 17.8 Å². The van der Waals surface area contributed by atoms with Gasteiger partial charge in [0.15, 0.2) is 5.82 Å². The molecule has 7 heteroatoms. The van der Waals surface area contributed by atoms with E-state index in [9.17, 15) is 4.79 Å². The zero-order chi connectivity index (χ0) is 16.8. The highest BCUT2D eigenvalue weighted by Gasteiger charge is 2.29. The van der Waals surface area contributed by atoms with Crippen LogP contribution in [0.1, 0.15) is 48.8 Å². The van der Waals surface area contributed by atoms with E-state index in [2.05, 4.69) is 31.8 Å². The molecule has 2 aromatic rings. The lowest BCUT2D eigenvalue weighted by Gasteiger charge is -2.32. The minimum absolute atomic E-state index is 0.0636. The summed E-state index contributed by atoms with van der Waals surface area (Å²) in [5.74, 6) is 1.45. The molecular formula is C17H24N4O2S. The molecule has 1 N–H and O–H groups in total. The molecule has 1 fully saturated rings. The van der Waals surface area contributed by atoms with E-state index in [0.29, 0.717) is 19.0 Å². The molecule has 1 unspecified atom stereocenters. The van der Waals surface area contributed by atoms with E-state index in [1.165, 1.54) is 4.88 Å². The quantitative estimate of drug-likeness (QED) is 0.833. The standard InChI is InChI=1S/C17H24N4O2S/c1-2-15-19-17(23-20-15)14-7-3-4-10-21(14)12-16(22)18-9-8-13-6-5-11-24-13/h5-6,11,14H,2-4,7-10,12H2,1H3,(H,18,22). The van der Waals surface area contributed by atoms with Crippen LogP contribution in [0.25, 0.3) is 0 Å². The van der Waals surface area contributed by atoms with Crippen molar-refractivity contribution in [1.29, 1.82) is 0 Å². The van der Waals surface area contributed by atoms with Gasteiger partial charge in [0.25, 0.3) is 0 Å². The number of carbonyl (C=O) groups excluding carboxylic acids is 1. The van der Waals surface area contributed by atoms with Gasteiger partial charge in [-0.1, -0.05) is 24.6 Å². The lowest BCUT2D eigenvalue weighted by atomic mass is 10.0. The topological polar surface area (TPSA) is 71.3 Å². The van der Waals surface area contributed by atoms with Gasteiger partial charge < -0.3 is 9.84 Å². The summed E-state index contributed by atoms with van der Waals surface area (Å²) in [6.45, 7) is 3.97. The molecule has 1 aliphatic heterocycles. The Morgan fingerprint density at radius 1 is 1.50 bits per heavy atom. The van der Waals surface area contributed by atoms with Crippen LogP contribution >= 0.6 is 11.3 Å². The number of nitrogens with one attached hydrogen (secondary N) is 1. The van der Waals surface area contributed by atoms with E-state index in [4.69, 9.17) is 4.52 Å². The Morgan fingerprint density at radius 2 is 2.42 bits per heavy atom. The van der Waals surface area contributed by atoms with E-state index in [1.807, 2.05) is 13.0 Å². The molecule has 3 heterocycles. The summed E-state index contributed by atoms with van der Waals surface area (Å²) in [6.07, 6.45) is 4.85. The van der Waals surface area contributed by atoms with Crippen LogP contribution in [-0.2, 0) is 17.6 Å². The van der Waals surface area contributed by atoms with E-state index < -0.39 is 0 Å². The van der Waals surface area contributed by atoms with Crippen molar-refractivity contribution >= 4 is 17.2 Å². The average molecular weight is 348 g/mol. The first-order chi connectivity index (χ1) is 11.8. The molecule has 130 valence electrons. The molecule has 0 aromatic carbocycles. The molecule has 0 spiro atoms. The highest BCUT2D eigenvalue weighted by Crippen LogP contribution is 2.29. The van der Waals surface area contributed by atoms with E-state index >= 15 is 0 Å². The monoisotopic (exact) mass is 348 g/mol. The molecular weight excluding hydrogens is 324 g/mol. The minimum Gasteiger partial charge on any atom is -0.355 e. The second-order valence-corrected chi connectivity index (χ2v) is 7.10. The highest BCUT2D eigenvalue weighted by molar-refractivity contribution is 7.09. The molecule has 0 aliphatic carbocycles. The van der Waals surface area contributed by atoms with E-state index in [0.717, 1.165) is 44.5 Å². The third-order valence-corrected chi connectivity index (χ3v) is 5.26. The van der Waals surface area contributed by atoms with Crippen molar-refractivity contribution in [2.24, 2.45) is 0 Å². The van der Waals surface area contributed by atoms with Gasteiger partial charge in [-0.15, -0.1) is 11.3 Å². The van der Waals surface area contributed by atoms with Crippen LogP contribution in [-0.4, -0.2) is 40.6 Å². The summed E-state index contributed by atoms with van der Waals surface area (Å²) >= 11 is 1.72. The van der Waals surface area contributed by atoms with Crippen molar-refractivity contribution < 1.29 is 9.32 Å². The second-order valence-electron chi connectivity index (χ2n) is 6.06. The molecule has 0 saturated carbocycles. The van der Waals surface area contributed by atoms with Crippen LogP contribution < -0.4 is 5.32 Å². The number of amides is 1. The Kier molecular flexibility index (Phi) is 5.98. The van der Waals surface area contributed by atoms with Crippen molar-refractivity contribution in [2.45, 2.75) is 45.1 Å². The summed E-state index contributed by atoms with van der Waals surface area (Å²) < 4.78 is 5.40. The fraction of sp³-hybridized carbons (Fsp3) is 0.588. The Morgan fingerprint density at radius 3 is 3.17 bits per heavy atom. The summed E-state index contributed by atoms with van der Waals surface area (Å²) in [4.78, 5) is 20.2. The number of thiophene rings is 1. The van der Waals surface area contributed by atoms with Gasteiger partial charge in [0.05, 0.1) is 12.6 Å². The molecule has 1 aliphatic rings. The van der Waals surface area contributed by atoms with Gasteiger partial charge in [-0.25, -0.2) is 0 Å². The third kappa shape index (κ3) is 4.42. The fourth-order valence-corrected chi connectivity index (χ4v) is 3.74. The lowest BCUT2D eigenvalue weighted by molar-refractivity contribution is -0.123. The number of hydrogen-bond donors (Lipinski definition) is 1. The van der Waals surface area contributed by atoms with Crippen LogP contribution in [0.3, 0.4) is 0 Å². The molecule has 3 rings (SSSR count). The highest BCUT2D eigenvalue weighted by atomic mass is 32.1. The average Bonchev–Trinajstić information content (AvgIpc) is 3.27. The third-order valence-electron chi connectivity index (χ3n) is 4.32. The molecule has 1 amide bonds. The maximum atomic E-state index is 12.3. The van der Waals surface area contributed by atoms with Crippen molar-refractivity contribution in [3.8, 4) is 0 Å². The summed E-state index contributed by atoms with van der Waals surface area (Å²) in [7, 11) is 0. The molecule has 1 saturated heterocycles. The Bertz CT molecular complexity index is 641.